The van der Waals surface area contributed by atoms with E-state index in [4.69, 9.17) is 9.47 Å². The van der Waals surface area contributed by atoms with Gasteiger partial charge in [-0.25, -0.2) is 0 Å². The first kappa shape index (κ1) is 20.3. The quantitative estimate of drug-likeness (QED) is 0.390. The SMILES string of the molecule is CCOC1CC(NC(=NC)NCc2ccccc2OC)C12CCC2.I. The highest BCUT2D eigenvalue weighted by atomic mass is 127. The summed E-state index contributed by atoms with van der Waals surface area (Å²) in [6.07, 6.45) is 5.33. The average Bonchev–Trinajstić information content (AvgIpc) is 2.55. The Kier molecular flexibility index (Phi) is 7.37. The van der Waals surface area contributed by atoms with Crippen LogP contribution in [0.4, 0.5) is 0 Å². The van der Waals surface area contributed by atoms with Crippen LogP contribution in [0.1, 0.15) is 38.2 Å². The molecule has 0 aliphatic heterocycles. The van der Waals surface area contributed by atoms with Gasteiger partial charge in [-0.15, -0.1) is 24.0 Å². The highest BCUT2D eigenvalue weighted by Crippen LogP contribution is 2.57. The summed E-state index contributed by atoms with van der Waals surface area (Å²) in [7, 11) is 3.53. The van der Waals surface area contributed by atoms with Gasteiger partial charge in [-0.1, -0.05) is 24.6 Å². The number of methoxy groups -OCH3 is 1. The van der Waals surface area contributed by atoms with Crippen LogP contribution in [0.3, 0.4) is 0 Å². The molecular weight excluding hydrogens is 429 g/mol. The van der Waals surface area contributed by atoms with Crippen molar-refractivity contribution in [2.24, 2.45) is 10.4 Å². The van der Waals surface area contributed by atoms with Crippen molar-refractivity contribution in [2.75, 3.05) is 20.8 Å². The molecule has 2 aliphatic rings. The number of para-hydroxylation sites is 1. The fraction of sp³-hybridized carbons (Fsp3) is 0.632. The third kappa shape index (κ3) is 4.05. The molecule has 2 unspecified atom stereocenters. The Morgan fingerprint density at radius 2 is 2.08 bits per heavy atom. The topological polar surface area (TPSA) is 54.9 Å². The number of aliphatic imine (C=N–C) groups is 1. The molecule has 0 radical (unpaired) electrons. The van der Waals surface area contributed by atoms with Gasteiger partial charge in [0.25, 0.3) is 0 Å². The van der Waals surface area contributed by atoms with E-state index in [0.29, 0.717) is 24.1 Å². The number of nitrogens with zero attached hydrogens (tertiary/aromatic N) is 1. The molecule has 25 heavy (non-hydrogen) atoms. The molecule has 5 nitrogen and oxygen atoms in total. The van der Waals surface area contributed by atoms with E-state index < -0.39 is 0 Å². The number of hydrogen-bond donors (Lipinski definition) is 2. The number of guanidine groups is 1. The average molecular weight is 459 g/mol. The van der Waals surface area contributed by atoms with Crippen LogP contribution in [-0.2, 0) is 11.3 Å². The Hall–Kier alpha value is -1.02. The van der Waals surface area contributed by atoms with E-state index in [1.54, 1.807) is 7.11 Å². The molecule has 1 aromatic rings. The lowest BCUT2D eigenvalue weighted by Crippen LogP contribution is -2.68. The molecular formula is C19H30IN3O2. The molecule has 2 fully saturated rings. The highest BCUT2D eigenvalue weighted by molar-refractivity contribution is 14.0. The van der Waals surface area contributed by atoms with Crippen molar-refractivity contribution in [1.29, 1.82) is 0 Å². The zero-order valence-corrected chi connectivity index (χ0v) is 17.7. The number of rotatable bonds is 6. The van der Waals surface area contributed by atoms with Gasteiger partial charge in [0.05, 0.1) is 13.2 Å². The van der Waals surface area contributed by atoms with Crippen LogP contribution in [-0.4, -0.2) is 38.9 Å². The Labute approximate surface area is 168 Å². The highest BCUT2D eigenvalue weighted by Gasteiger charge is 2.59. The van der Waals surface area contributed by atoms with Crippen LogP contribution < -0.4 is 15.4 Å². The molecule has 0 bridgehead atoms. The number of benzene rings is 1. The third-order valence-corrected chi connectivity index (χ3v) is 5.61. The summed E-state index contributed by atoms with van der Waals surface area (Å²) in [5.74, 6) is 1.75. The fourth-order valence-corrected chi connectivity index (χ4v) is 4.03. The van der Waals surface area contributed by atoms with Gasteiger partial charge in [0.15, 0.2) is 5.96 Å². The fourth-order valence-electron chi connectivity index (χ4n) is 4.03. The number of hydrogen-bond acceptors (Lipinski definition) is 3. The van der Waals surface area contributed by atoms with Crippen LogP contribution >= 0.6 is 24.0 Å². The maximum atomic E-state index is 5.92. The van der Waals surface area contributed by atoms with E-state index in [9.17, 15) is 0 Å². The summed E-state index contributed by atoms with van der Waals surface area (Å²) in [5.41, 5.74) is 1.46. The number of halogens is 1. The van der Waals surface area contributed by atoms with E-state index in [2.05, 4.69) is 28.6 Å². The van der Waals surface area contributed by atoms with Crippen LogP contribution in [0.5, 0.6) is 5.75 Å². The van der Waals surface area contributed by atoms with E-state index in [0.717, 1.165) is 30.3 Å². The summed E-state index contributed by atoms with van der Waals surface area (Å²) in [5, 5.41) is 7.02. The molecule has 2 saturated carbocycles. The molecule has 2 N–H and O–H groups in total. The van der Waals surface area contributed by atoms with E-state index in [1.807, 2.05) is 25.2 Å². The Balaban J connectivity index is 0.00000225. The van der Waals surface area contributed by atoms with Crippen molar-refractivity contribution in [3.05, 3.63) is 29.8 Å². The number of nitrogens with one attached hydrogen (secondary N) is 2. The smallest absolute Gasteiger partial charge is 0.191 e. The lowest BCUT2D eigenvalue weighted by atomic mass is 9.51. The van der Waals surface area contributed by atoms with Gasteiger partial charge in [-0.3, -0.25) is 4.99 Å². The van der Waals surface area contributed by atoms with Gasteiger partial charge < -0.3 is 20.1 Å². The second-order valence-electron chi connectivity index (χ2n) is 6.70. The van der Waals surface area contributed by atoms with E-state index in [1.165, 1.54) is 19.3 Å². The van der Waals surface area contributed by atoms with Gasteiger partial charge in [-0.2, -0.15) is 0 Å². The lowest BCUT2D eigenvalue weighted by Gasteiger charge is -2.61. The molecule has 0 saturated heterocycles. The molecule has 1 spiro atoms. The molecule has 0 aromatic heterocycles. The van der Waals surface area contributed by atoms with Crippen LogP contribution in [0, 0.1) is 5.41 Å². The van der Waals surface area contributed by atoms with Gasteiger partial charge in [-0.05, 0) is 32.3 Å². The van der Waals surface area contributed by atoms with Crippen LogP contribution in [0.15, 0.2) is 29.3 Å². The predicted octanol–water partition coefficient (Wildman–Crippen LogP) is 3.33. The van der Waals surface area contributed by atoms with Crippen molar-refractivity contribution in [1.82, 2.24) is 10.6 Å². The zero-order valence-electron chi connectivity index (χ0n) is 15.4. The first-order valence-electron chi connectivity index (χ1n) is 8.94. The van der Waals surface area contributed by atoms with E-state index in [-0.39, 0.29) is 24.0 Å². The van der Waals surface area contributed by atoms with Crippen molar-refractivity contribution in [2.45, 2.75) is 51.3 Å². The van der Waals surface area contributed by atoms with Gasteiger partial charge in [0, 0.05) is 37.2 Å². The van der Waals surface area contributed by atoms with E-state index >= 15 is 0 Å². The molecule has 140 valence electrons. The lowest BCUT2D eigenvalue weighted by molar-refractivity contribution is -0.168. The molecule has 2 aliphatic carbocycles. The maximum Gasteiger partial charge on any atom is 0.191 e. The second kappa shape index (κ2) is 9.07. The summed E-state index contributed by atoms with van der Waals surface area (Å²) in [6.45, 7) is 3.58. The largest absolute Gasteiger partial charge is 0.496 e. The second-order valence-corrected chi connectivity index (χ2v) is 6.70. The predicted molar refractivity (Wildman–Crippen MR) is 112 cm³/mol. The minimum absolute atomic E-state index is 0. The molecule has 0 heterocycles. The van der Waals surface area contributed by atoms with Gasteiger partial charge in [0.2, 0.25) is 0 Å². The van der Waals surface area contributed by atoms with Gasteiger partial charge in [0.1, 0.15) is 5.75 Å². The summed E-state index contributed by atoms with van der Waals surface area (Å²) < 4.78 is 11.3. The van der Waals surface area contributed by atoms with Crippen LogP contribution in [0.25, 0.3) is 0 Å². The Morgan fingerprint density at radius 3 is 2.68 bits per heavy atom. The molecule has 1 aromatic carbocycles. The molecule has 3 rings (SSSR count). The van der Waals surface area contributed by atoms with Gasteiger partial charge >= 0.3 is 0 Å². The third-order valence-electron chi connectivity index (χ3n) is 5.61. The normalized spacial score (nSPS) is 23.9. The van der Waals surface area contributed by atoms with Crippen LogP contribution in [0.2, 0.25) is 0 Å². The molecule has 6 heteroatoms. The van der Waals surface area contributed by atoms with Crippen molar-refractivity contribution < 1.29 is 9.47 Å². The zero-order chi connectivity index (χ0) is 17.0. The van der Waals surface area contributed by atoms with Crippen molar-refractivity contribution >= 4 is 29.9 Å². The standard InChI is InChI=1S/C19H29N3O2.HI/c1-4-24-17-12-16(19(17)10-7-11-19)22-18(20-2)21-13-14-8-5-6-9-15(14)23-3;/h5-6,8-9,16-17H,4,7,10-13H2,1-3H3,(H2,20,21,22);1H. The summed E-state index contributed by atoms with van der Waals surface area (Å²) in [6, 6.07) is 8.53. The first-order chi connectivity index (χ1) is 11.7. The molecule has 2 atom stereocenters. The monoisotopic (exact) mass is 459 g/mol. The maximum absolute atomic E-state index is 5.92. The summed E-state index contributed by atoms with van der Waals surface area (Å²) >= 11 is 0. The summed E-state index contributed by atoms with van der Waals surface area (Å²) in [4.78, 5) is 4.39. The minimum atomic E-state index is 0. The van der Waals surface area contributed by atoms with Crippen molar-refractivity contribution in [3.8, 4) is 5.75 Å². The Bertz CT molecular complexity index is 590. The minimum Gasteiger partial charge on any atom is -0.496 e. The molecule has 0 amide bonds. The van der Waals surface area contributed by atoms with Crippen molar-refractivity contribution in [3.63, 3.8) is 0 Å². The Morgan fingerprint density at radius 1 is 1.32 bits per heavy atom. The number of ether oxygens (including phenoxy) is 2. The first-order valence-corrected chi connectivity index (χ1v) is 8.94.